The molecule has 0 spiro atoms. The Labute approximate surface area is 88.3 Å². The van der Waals surface area contributed by atoms with E-state index in [9.17, 15) is 0 Å². The fourth-order valence-corrected chi connectivity index (χ4v) is 1.44. The van der Waals surface area contributed by atoms with E-state index in [1.54, 1.807) is 69.0 Å². The summed E-state index contributed by atoms with van der Waals surface area (Å²) in [5, 5.41) is -0.832. The highest BCUT2D eigenvalue weighted by molar-refractivity contribution is 14.1. The molecule has 5 nitrogen and oxygen atoms in total. The van der Waals surface area contributed by atoms with Gasteiger partial charge >= 0.3 is 0 Å². The van der Waals surface area contributed by atoms with Gasteiger partial charge < -0.3 is 0 Å². The van der Waals surface area contributed by atoms with Gasteiger partial charge in [0.2, 0.25) is 74.1 Å². The van der Waals surface area contributed by atoms with E-state index in [2.05, 4.69) is 9.50 Å². The van der Waals surface area contributed by atoms with E-state index in [1.165, 1.54) is 0 Å². The molecule has 0 radical (unpaired) electrons. The van der Waals surface area contributed by atoms with Gasteiger partial charge in [-0.05, 0) is 9.50 Å². The van der Waals surface area contributed by atoms with E-state index in [-0.39, 0.29) is 0 Å². The van der Waals surface area contributed by atoms with Crippen LogP contribution in [0.4, 0.5) is 0 Å². The summed E-state index contributed by atoms with van der Waals surface area (Å²) in [6.45, 7) is 0. The Hall–Kier alpha value is 1.99. The summed E-state index contributed by atoms with van der Waals surface area (Å²) < 4.78 is 13.4. The summed E-state index contributed by atoms with van der Waals surface area (Å²) in [5.74, 6) is 5.14. The molecule has 8 heteroatoms. The van der Waals surface area contributed by atoms with Crippen LogP contribution >= 0.6 is 69.0 Å². The quantitative estimate of drug-likeness (QED) is 0.302. The lowest BCUT2D eigenvalue weighted by atomic mass is 12.5. The molecule has 0 atom stereocenters. The normalized spacial score (nSPS) is 12.0. The maximum atomic E-state index is 5.14. The van der Waals surface area contributed by atoms with Gasteiger partial charge in [-0.1, -0.05) is 5.84 Å². The van der Waals surface area contributed by atoms with Crippen LogP contribution in [0.15, 0.2) is 0 Å². The Kier molecular flexibility index (Phi) is 5.93. The van der Waals surface area contributed by atoms with Crippen LogP contribution in [0.1, 0.15) is 0 Å². The van der Waals surface area contributed by atoms with Crippen LogP contribution in [-0.4, -0.2) is 5.08 Å². The predicted molar refractivity (Wildman–Crippen MR) is 49.8 cm³/mol. The molecule has 0 bridgehead atoms. The van der Waals surface area contributed by atoms with Crippen LogP contribution < -0.4 is 5.84 Å². The lowest BCUT2D eigenvalue weighted by Gasteiger charge is -2.11. The van der Waals surface area contributed by atoms with Crippen molar-refractivity contribution in [3.05, 3.63) is 0 Å². The standard InChI is InChI=1S/H2I3N2O3/c1-6-5(4,7-2)8-3/h4H2/q+1. The Morgan fingerprint density at radius 1 is 1.00 bits per heavy atom. The first-order chi connectivity index (χ1) is 3.68. The molecule has 0 fully saturated rings. The molecule has 8 heavy (non-hydrogen) atoms. The second kappa shape index (κ2) is 4.75. The molecule has 0 amide bonds. The highest BCUT2D eigenvalue weighted by atomic mass is 127. The number of quaternary nitrogens is 1. The van der Waals surface area contributed by atoms with Gasteiger partial charge in [0, 0.05) is 0 Å². The molecule has 0 heterocycles. The summed E-state index contributed by atoms with van der Waals surface area (Å²) in [7, 11) is 0. The van der Waals surface area contributed by atoms with Gasteiger partial charge in [0.05, 0.1) is 0 Å². The van der Waals surface area contributed by atoms with Crippen molar-refractivity contribution in [3.8, 4) is 0 Å². The average molecular weight is 459 g/mol. The molecule has 0 aliphatic carbocycles. The van der Waals surface area contributed by atoms with Crippen LogP contribution in [-0.2, 0) is 9.50 Å². The molecule has 0 aliphatic rings. The van der Waals surface area contributed by atoms with Crippen molar-refractivity contribution < 1.29 is 14.6 Å². The molecular weight excluding hydrogens is 457 g/mol. The lowest BCUT2D eigenvalue weighted by molar-refractivity contribution is -1.31. The van der Waals surface area contributed by atoms with Crippen molar-refractivity contribution >= 4 is 69.0 Å². The topological polar surface area (TPSA) is 53.7 Å². The average Bonchev–Trinajstić information content (AvgIpc) is 1.87. The van der Waals surface area contributed by atoms with E-state index in [0.717, 1.165) is 0 Å². The second-order valence-corrected chi connectivity index (χ2v) is 1.93. The van der Waals surface area contributed by atoms with Gasteiger partial charge in [-0.25, -0.2) is 0 Å². The zero-order chi connectivity index (χ0) is 6.62. The summed E-state index contributed by atoms with van der Waals surface area (Å²) in [6.07, 6.45) is 0. The molecule has 2 N–H and O–H groups in total. The number of nitrogens with two attached hydrogens (primary N) is 1. The minimum absolute atomic E-state index is 0.832. The first kappa shape index (κ1) is 9.99. The van der Waals surface area contributed by atoms with Crippen LogP contribution in [0, 0.1) is 0 Å². The van der Waals surface area contributed by atoms with E-state index < -0.39 is 5.08 Å². The van der Waals surface area contributed by atoms with E-state index >= 15 is 0 Å². The van der Waals surface area contributed by atoms with Crippen LogP contribution in [0.5, 0.6) is 0 Å². The highest BCUT2D eigenvalue weighted by Crippen LogP contribution is 2.13. The Morgan fingerprint density at radius 3 is 1.25 bits per heavy atom. The zero-order valence-electron chi connectivity index (χ0n) is 3.38. The van der Waals surface area contributed by atoms with E-state index in [1.807, 2.05) is 0 Å². The Balaban J connectivity index is 3.58. The van der Waals surface area contributed by atoms with Gasteiger partial charge in [0.15, 0.2) is 0 Å². The number of nitrogens with zero attached hydrogens (tertiary/aromatic N) is 1. The summed E-state index contributed by atoms with van der Waals surface area (Å²) in [5.41, 5.74) is 0. The van der Waals surface area contributed by atoms with Gasteiger partial charge in [0.25, 0.3) is 0 Å². The molecule has 0 aromatic rings. The van der Waals surface area contributed by atoms with Crippen molar-refractivity contribution in [2.75, 3.05) is 0 Å². The summed E-state index contributed by atoms with van der Waals surface area (Å²) in [4.78, 5) is 0. The van der Waals surface area contributed by atoms with Gasteiger partial charge in [-0.3, -0.25) is 0 Å². The maximum Gasteiger partial charge on any atom is 0.202 e. The summed E-state index contributed by atoms with van der Waals surface area (Å²) >= 11 is 4.66. The second-order valence-electron chi connectivity index (χ2n) is 0.747. The van der Waals surface area contributed by atoms with Crippen molar-refractivity contribution in [1.29, 1.82) is 0 Å². The maximum absolute atomic E-state index is 5.14. The van der Waals surface area contributed by atoms with Crippen molar-refractivity contribution in [1.82, 2.24) is 0 Å². The largest absolute Gasteiger partial charge is 0.202 e. The lowest BCUT2D eigenvalue weighted by Crippen LogP contribution is -2.46. The van der Waals surface area contributed by atoms with Gasteiger partial charge in [-0.2, -0.15) is 0 Å². The fourth-order valence-electron chi connectivity index (χ4n) is 0.0319. The molecule has 0 unspecified atom stereocenters. The molecule has 50 valence electrons. The van der Waals surface area contributed by atoms with Gasteiger partial charge in [-0.15, -0.1) is 0 Å². The first-order valence-corrected chi connectivity index (χ1v) is 3.91. The van der Waals surface area contributed by atoms with Crippen LogP contribution in [0.3, 0.4) is 0 Å². The number of rotatable bonds is 3. The van der Waals surface area contributed by atoms with Crippen molar-refractivity contribution in [2.24, 2.45) is 5.84 Å². The Bertz CT molecular complexity index is 55.3. The Morgan fingerprint density at radius 2 is 1.25 bits per heavy atom. The van der Waals surface area contributed by atoms with Crippen LogP contribution in [0.2, 0.25) is 0 Å². The molecule has 0 rings (SSSR count). The molecule has 0 saturated heterocycles. The smallest absolute Gasteiger partial charge is 0.0762 e. The number of halogens is 3. The predicted octanol–water partition coefficient (Wildman–Crippen LogP) is 1.52. The van der Waals surface area contributed by atoms with Crippen LogP contribution in [0.25, 0.3) is 0 Å². The van der Waals surface area contributed by atoms with Gasteiger partial charge in [0.1, 0.15) is 0 Å². The third-order valence-corrected chi connectivity index (χ3v) is 1.94. The van der Waals surface area contributed by atoms with E-state index in [0.29, 0.717) is 0 Å². The molecule has 0 aliphatic heterocycles. The summed E-state index contributed by atoms with van der Waals surface area (Å²) in [6, 6.07) is 0. The monoisotopic (exact) mass is 459 g/mol. The van der Waals surface area contributed by atoms with Crippen molar-refractivity contribution in [3.63, 3.8) is 0 Å². The molecule has 0 saturated carbocycles. The first-order valence-electron chi connectivity index (χ1n) is 1.27. The zero-order valence-corrected chi connectivity index (χ0v) is 9.86. The SMILES string of the molecule is N[N+](OI)(OI)OI. The molecule has 0 aromatic heterocycles. The molecular formula is H2I3N2O3+. The number of hydrogen-bond donors (Lipinski definition) is 1. The molecule has 0 aromatic carbocycles. The minimum Gasteiger partial charge on any atom is -0.0762 e. The fraction of sp³-hybridized carbons (Fsp3) is 0. The highest BCUT2D eigenvalue weighted by Gasteiger charge is 2.27. The van der Waals surface area contributed by atoms with Crippen molar-refractivity contribution in [2.45, 2.75) is 0 Å². The minimum atomic E-state index is -0.832. The van der Waals surface area contributed by atoms with E-state index in [4.69, 9.17) is 5.84 Å². The third kappa shape index (κ3) is 3.23. The third-order valence-electron chi connectivity index (χ3n) is 0.289. The number of hydrogen-bond acceptors (Lipinski definition) is 4.